The maximum atomic E-state index is 3.63. The summed E-state index contributed by atoms with van der Waals surface area (Å²) in [7, 11) is 0. The lowest BCUT2D eigenvalue weighted by molar-refractivity contribution is 0.753. The Morgan fingerprint density at radius 1 is 0.905 bits per heavy atom. The Bertz CT molecular complexity index is 655. The number of nitrogens with one attached hydrogen (secondary N) is 2. The summed E-state index contributed by atoms with van der Waals surface area (Å²) in [4.78, 5) is 3.33. The van der Waals surface area contributed by atoms with Gasteiger partial charge in [-0.15, -0.1) is 0 Å². The van der Waals surface area contributed by atoms with Crippen LogP contribution in [0.15, 0.2) is 72.9 Å². The molecule has 2 N–H and O–H groups in total. The van der Waals surface area contributed by atoms with Crippen LogP contribution >= 0.6 is 0 Å². The van der Waals surface area contributed by atoms with Gasteiger partial charge in [-0.2, -0.15) is 0 Å². The topological polar surface area (TPSA) is 27.8 Å². The Labute approximate surface area is 125 Å². The maximum Gasteiger partial charge on any atom is 0.0703 e. The summed E-state index contributed by atoms with van der Waals surface area (Å²) in [5.74, 6) is 0. The number of aromatic nitrogens is 1. The second kappa shape index (κ2) is 6.31. The van der Waals surface area contributed by atoms with Gasteiger partial charge in [0.1, 0.15) is 0 Å². The van der Waals surface area contributed by atoms with E-state index in [9.17, 15) is 0 Å². The first kappa shape index (κ1) is 13.5. The maximum absolute atomic E-state index is 3.63. The van der Waals surface area contributed by atoms with E-state index in [1.807, 2.05) is 12.3 Å². The van der Waals surface area contributed by atoms with E-state index < -0.39 is 0 Å². The lowest BCUT2D eigenvalue weighted by Gasteiger charge is -2.19. The fourth-order valence-electron chi connectivity index (χ4n) is 2.50. The van der Waals surface area contributed by atoms with Gasteiger partial charge in [0.05, 0.1) is 6.04 Å². The molecule has 0 aliphatic carbocycles. The highest BCUT2D eigenvalue weighted by molar-refractivity contribution is 5.46. The van der Waals surface area contributed by atoms with E-state index in [1.54, 1.807) is 0 Å². The van der Waals surface area contributed by atoms with Crippen LogP contribution in [0.4, 0.5) is 5.69 Å². The van der Waals surface area contributed by atoms with E-state index in [2.05, 4.69) is 77.9 Å². The van der Waals surface area contributed by atoms with Crippen LogP contribution < -0.4 is 5.32 Å². The molecular weight excluding hydrogens is 256 g/mol. The predicted octanol–water partition coefficient (Wildman–Crippen LogP) is 4.72. The van der Waals surface area contributed by atoms with Gasteiger partial charge in [-0.25, -0.2) is 0 Å². The second-order valence-corrected chi connectivity index (χ2v) is 5.38. The molecule has 0 saturated carbocycles. The normalized spacial score (nSPS) is 12.0. The Morgan fingerprint density at radius 2 is 1.67 bits per heavy atom. The first-order chi connectivity index (χ1) is 10.3. The van der Waals surface area contributed by atoms with Crippen molar-refractivity contribution in [2.45, 2.75) is 19.4 Å². The zero-order valence-corrected chi connectivity index (χ0v) is 12.2. The number of benzene rings is 2. The minimum Gasteiger partial charge on any atom is -0.376 e. The SMILES string of the molecule is Cc1ccc(NC(Cc2ccccc2)c2ccc[nH]2)cc1. The smallest absolute Gasteiger partial charge is 0.0703 e. The molecule has 3 rings (SSSR count). The summed E-state index contributed by atoms with van der Waals surface area (Å²) >= 11 is 0. The van der Waals surface area contributed by atoms with Gasteiger partial charge in [0.2, 0.25) is 0 Å². The summed E-state index contributed by atoms with van der Waals surface area (Å²) in [5, 5.41) is 3.63. The van der Waals surface area contributed by atoms with Gasteiger partial charge in [0.25, 0.3) is 0 Å². The van der Waals surface area contributed by atoms with Crippen molar-refractivity contribution < 1.29 is 0 Å². The molecule has 1 unspecified atom stereocenters. The van der Waals surface area contributed by atoms with Crippen LogP contribution in [0.25, 0.3) is 0 Å². The summed E-state index contributed by atoms with van der Waals surface area (Å²) in [6.07, 6.45) is 2.93. The highest BCUT2D eigenvalue weighted by atomic mass is 14.9. The van der Waals surface area contributed by atoms with Gasteiger partial charge in [0.15, 0.2) is 0 Å². The van der Waals surface area contributed by atoms with Crippen LogP contribution in [0.1, 0.15) is 22.9 Å². The molecule has 0 radical (unpaired) electrons. The van der Waals surface area contributed by atoms with E-state index in [-0.39, 0.29) is 6.04 Å². The molecule has 0 fully saturated rings. The van der Waals surface area contributed by atoms with E-state index >= 15 is 0 Å². The van der Waals surface area contributed by atoms with E-state index in [4.69, 9.17) is 0 Å². The van der Waals surface area contributed by atoms with Gasteiger partial charge in [-0.3, -0.25) is 0 Å². The van der Waals surface area contributed by atoms with Crippen molar-refractivity contribution in [3.63, 3.8) is 0 Å². The number of aromatic amines is 1. The molecule has 1 heterocycles. The van der Waals surface area contributed by atoms with Crippen molar-refractivity contribution in [1.82, 2.24) is 4.98 Å². The van der Waals surface area contributed by atoms with E-state index in [0.717, 1.165) is 12.1 Å². The summed E-state index contributed by atoms with van der Waals surface area (Å²) < 4.78 is 0. The molecule has 1 atom stereocenters. The first-order valence-electron chi connectivity index (χ1n) is 7.32. The zero-order chi connectivity index (χ0) is 14.5. The molecule has 0 aliphatic rings. The average Bonchev–Trinajstić information content (AvgIpc) is 3.04. The van der Waals surface area contributed by atoms with E-state index in [0.29, 0.717) is 0 Å². The predicted molar refractivity (Wildman–Crippen MR) is 88.5 cm³/mol. The quantitative estimate of drug-likeness (QED) is 0.693. The summed E-state index contributed by atoms with van der Waals surface area (Å²) in [6.45, 7) is 2.11. The number of hydrogen-bond acceptors (Lipinski definition) is 1. The van der Waals surface area contributed by atoms with Crippen LogP contribution in [0.3, 0.4) is 0 Å². The van der Waals surface area contributed by atoms with Gasteiger partial charge < -0.3 is 10.3 Å². The molecule has 21 heavy (non-hydrogen) atoms. The minimum atomic E-state index is 0.241. The summed E-state index contributed by atoms with van der Waals surface area (Å²) in [6, 6.07) is 23.5. The molecule has 3 aromatic rings. The molecule has 0 saturated heterocycles. The Balaban J connectivity index is 1.81. The number of hydrogen-bond donors (Lipinski definition) is 2. The van der Waals surface area contributed by atoms with Crippen molar-refractivity contribution in [3.05, 3.63) is 89.7 Å². The van der Waals surface area contributed by atoms with Gasteiger partial charge >= 0.3 is 0 Å². The number of aryl methyl sites for hydroxylation is 1. The largest absolute Gasteiger partial charge is 0.376 e. The Morgan fingerprint density at radius 3 is 2.33 bits per heavy atom. The molecule has 2 aromatic carbocycles. The first-order valence-corrected chi connectivity index (χ1v) is 7.32. The van der Waals surface area contributed by atoms with E-state index in [1.165, 1.54) is 16.8 Å². The number of anilines is 1. The van der Waals surface area contributed by atoms with Crippen molar-refractivity contribution in [2.24, 2.45) is 0 Å². The summed E-state index contributed by atoms with van der Waals surface area (Å²) in [5.41, 5.74) is 4.97. The molecule has 2 heteroatoms. The van der Waals surface area contributed by atoms with Crippen molar-refractivity contribution in [2.75, 3.05) is 5.32 Å². The van der Waals surface area contributed by atoms with Crippen LogP contribution in [-0.4, -0.2) is 4.98 Å². The van der Waals surface area contributed by atoms with Crippen LogP contribution in [0, 0.1) is 6.92 Å². The molecule has 0 spiro atoms. The molecular formula is C19H20N2. The lowest BCUT2D eigenvalue weighted by atomic mass is 10.0. The third kappa shape index (κ3) is 3.54. The van der Waals surface area contributed by atoms with Crippen molar-refractivity contribution in [1.29, 1.82) is 0 Å². The fourth-order valence-corrected chi connectivity index (χ4v) is 2.50. The minimum absolute atomic E-state index is 0.241. The standard InChI is InChI=1S/C19H20N2/c1-15-9-11-17(12-10-15)21-19(18-8-5-13-20-18)14-16-6-3-2-4-7-16/h2-13,19-21H,14H2,1H3. The lowest BCUT2D eigenvalue weighted by Crippen LogP contribution is -2.14. The van der Waals surface area contributed by atoms with Crippen LogP contribution in [-0.2, 0) is 6.42 Å². The zero-order valence-electron chi connectivity index (χ0n) is 12.2. The molecule has 0 amide bonds. The molecule has 1 aromatic heterocycles. The second-order valence-electron chi connectivity index (χ2n) is 5.38. The third-order valence-corrected chi connectivity index (χ3v) is 3.67. The Kier molecular flexibility index (Phi) is 4.06. The molecule has 106 valence electrons. The average molecular weight is 276 g/mol. The van der Waals surface area contributed by atoms with Crippen molar-refractivity contribution in [3.8, 4) is 0 Å². The Hall–Kier alpha value is -2.48. The van der Waals surface area contributed by atoms with Gasteiger partial charge in [-0.1, -0.05) is 48.0 Å². The monoisotopic (exact) mass is 276 g/mol. The third-order valence-electron chi connectivity index (χ3n) is 3.67. The number of H-pyrrole nitrogens is 1. The molecule has 0 aliphatic heterocycles. The number of rotatable bonds is 5. The molecule has 2 nitrogen and oxygen atoms in total. The van der Waals surface area contributed by atoms with Crippen LogP contribution in [0.5, 0.6) is 0 Å². The van der Waals surface area contributed by atoms with Crippen molar-refractivity contribution >= 4 is 5.69 Å². The van der Waals surface area contributed by atoms with Gasteiger partial charge in [-0.05, 0) is 43.2 Å². The fraction of sp³-hybridized carbons (Fsp3) is 0.158. The highest BCUT2D eigenvalue weighted by Gasteiger charge is 2.13. The highest BCUT2D eigenvalue weighted by Crippen LogP contribution is 2.22. The van der Waals surface area contributed by atoms with Gasteiger partial charge in [0, 0.05) is 17.6 Å². The molecule has 0 bridgehead atoms. The van der Waals surface area contributed by atoms with Crippen LogP contribution in [0.2, 0.25) is 0 Å².